The van der Waals surface area contributed by atoms with E-state index in [0.29, 0.717) is 0 Å². The molecule has 4 rings (SSSR count). The van der Waals surface area contributed by atoms with Crippen LogP contribution in [0.15, 0.2) is 67.5 Å². The number of nitrogens with one attached hydrogen (secondary N) is 1. The molecule has 1 aromatic heterocycles. The topological polar surface area (TPSA) is 35.2 Å². The summed E-state index contributed by atoms with van der Waals surface area (Å²) in [5.74, 6) is 0. The fourth-order valence-corrected chi connectivity index (χ4v) is 3.85. The van der Waals surface area contributed by atoms with E-state index in [1.54, 1.807) is 6.33 Å². The van der Waals surface area contributed by atoms with Crippen LogP contribution >= 0.6 is 0 Å². The normalized spacial score (nSPS) is 16.5. The van der Waals surface area contributed by atoms with Crippen molar-refractivity contribution in [2.45, 2.75) is 20.0 Å². The van der Waals surface area contributed by atoms with Crippen LogP contribution in [0.2, 0.25) is 0 Å². The summed E-state index contributed by atoms with van der Waals surface area (Å²) in [6, 6.07) is 15.5. The van der Waals surface area contributed by atoms with Gasteiger partial charge in [0.2, 0.25) is 0 Å². The Morgan fingerprint density at radius 1 is 1.00 bits per heavy atom. The quantitative estimate of drug-likeness (QED) is 0.649. The maximum atomic E-state index is 4.30. The number of imidazole rings is 1. The van der Waals surface area contributed by atoms with Gasteiger partial charge in [0.15, 0.2) is 0 Å². The average molecular weight is 373 g/mol. The van der Waals surface area contributed by atoms with Gasteiger partial charge in [0.25, 0.3) is 0 Å². The van der Waals surface area contributed by atoms with E-state index in [0.717, 1.165) is 50.3 Å². The Hall–Kier alpha value is -2.69. The second kappa shape index (κ2) is 8.55. The predicted molar refractivity (Wildman–Crippen MR) is 117 cm³/mol. The third kappa shape index (κ3) is 4.41. The van der Waals surface area contributed by atoms with Crippen molar-refractivity contribution in [2.75, 3.05) is 26.2 Å². The number of aromatic nitrogens is 2. The molecule has 4 heteroatoms. The van der Waals surface area contributed by atoms with Crippen LogP contribution in [0.3, 0.4) is 0 Å². The number of hydrogen-bond acceptors (Lipinski definition) is 3. The van der Waals surface area contributed by atoms with Crippen molar-refractivity contribution < 1.29 is 0 Å². The summed E-state index contributed by atoms with van der Waals surface area (Å²) in [5, 5.41) is 0. The average Bonchev–Trinajstić information content (AvgIpc) is 3.18. The number of nitrogens with zero attached hydrogens (tertiary/aromatic N) is 3. The molecule has 0 radical (unpaired) electrons. The lowest BCUT2D eigenvalue weighted by molar-refractivity contribution is 0.122. The third-order valence-corrected chi connectivity index (χ3v) is 5.54. The van der Waals surface area contributed by atoms with Crippen molar-refractivity contribution in [3.8, 4) is 0 Å². The Balaban J connectivity index is 1.29. The van der Waals surface area contributed by atoms with E-state index in [1.165, 1.54) is 22.3 Å². The van der Waals surface area contributed by atoms with Crippen LogP contribution in [0.5, 0.6) is 0 Å². The molecule has 2 heterocycles. The van der Waals surface area contributed by atoms with Crippen molar-refractivity contribution in [1.82, 2.24) is 19.8 Å². The monoisotopic (exact) mass is 372 g/mol. The molecule has 1 saturated heterocycles. The van der Waals surface area contributed by atoms with E-state index in [4.69, 9.17) is 0 Å². The molecule has 1 N–H and O–H groups in total. The largest absolute Gasteiger partial charge is 0.345 e. The number of aromatic amines is 1. The predicted octanol–water partition coefficient (Wildman–Crippen LogP) is 4.47. The van der Waals surface area contributed by atoms with Crippen molar-refractivity contribution in [3.63, 3.8) is 0 Å². The van der Waals surface area contributed by atoms with E-state index in [2.05, 4.69) is 81.8 Å². The molecule has 28 heavy (non-hydrogen) atoms. The summed E-state index contributed by atoms with van der Waals surface area (Å²) < 4.78 is 0. The summed E-state index contributed by atoms with van der Waals surface area (Å²) >= 11 is 0. The van der Waals surface area contributed by atoms with Crippen LogP contribution in [0.25, 0.3) is 16.6 Å². The Labute approximate surface area is 167 Å². The zero-order valence-corrected chi connectivity index (χ0v) is 16.6. The van der Waals surface area contributed by atoms with Gasteiger partial charge in [-0.05, 0) is 41.3 Å². The zero-order valence-electron chi connectivity index (χ0n) is 16.6. The van der Waals surface area contributed by atoms with Crippen LogP contribution in [0.1, 0.15) is 23.6 Å². The van der Waals surface area contributed by atoms with E-state index < -0.39 is 0 Å². The Bertz CT molecular complexity index is 960. The molecule has 0 amide bonds. The first kappa shape index (κ1) is 18.7. The third-order valence-electron chi connectivity index (χ3n) is 5.54. The van der Waals surface area contributed by atoms with Crippen molar-refractivity contribution >= 4 is 16.6 Å². The van der Waals surface area contributed by atoms with Gasteiger partial charge in [-0.3, -0.25) is 9.80 Å². The van der Waals surface area contributed by atoms with Gasteiger partial charge in [0, 0.05) is 39.3 Å². The molecule has 0 spiro atoms. The van der Waals surface area contributed by atoms with E-state index in [1.807, 2.05) is 6.08 Å². The second-order valence-corrected chi connectivity index (χ2v) is 7.59. The lowest BCUT2D eigenvalue weighted by atomic mass is 10.0. The van der Waals surface area contributed by atoms with Crippen LogP contribution in [0, 0.1) is 0 Å². The fourth-order valence-electron chi connectivity index (χ4n) is 3.85. The van der Waals surface area contributed by atoms with Gasteiger partial charge in [-0.25, -0.2) is 4.98 Å². The first-order chi connectivity index (χ1) is 13.7. The number of hydrogen-bond donors (Lipinski definition) is 1. The number of benzene rings is 2. The molecule has 2 aromatic carbocycles. The highest BCUT2D eigenvalue weighted by atomic mass is 15.3. The fraction of sp³-hybridized carbons (Fsp3) is 0.292. The summed E-state index contributed by atoms with van der Waals surface area (Å²) in [6.07, 6.45) is 5.66. The Morgan fingerprint density at radius 3 is 2.32 bits per heavy atom. The molecule has 1 aliphatic rings. The van der Waals surface area contributed by atoms with Gasteiger partial charge in [0.1, 0.15) is 0 Å². The maximum absolute atomic E-state index is 4.30. The molecule has 0 saturated carbocycles. The minimum atomic E-state index is 1.01. The first-order valence-corrected chi connectivity index (χ1v) is 9.96. The molecule has 0 aliphatic carbocycles. The molecule has 1 aliphatic heterocycles. The lowest BCUT2D eigenvalue weighted by Gasteiger charge is -2.34. The lowest BCUT2D eigenvalue weighted by Crippen LogP contribution is -2.45. The van der Waals surface area contributed by atoms with Gasteiger partial charge in [-0.2, -0.15) is 0 Å². The SMILES string of the molecule is C=CC=C(C)c1ccc(CN2CCN(Cc3ccc4nc[nH]c4c3)CC2)cc1. The number of piperazine rings is 1. The highest BCUT2D eigenvalue weighted by Crippen LogP contribution is 2.18. The van der Waals surface area contributed by atoms with Crippen LogP contribution in [-0.2, 0) is 13.1 Å². The highest BCUT2D eigenvalue weighted by Gasteiger charge is 2.17. The summed E-state index contributed by atoms with van der Waals surface area (Å²) in [5.41, 5.74) is 7.41. The number of rotatable bonds is 6. The molecule has 4 nitrogen and oxygen atoms in total. The Morgan fingerprint density at radius 2 is 1.64 bits per heavy atom. The van der Waals surface area contributed by atoms with Gasteiger partial charge in [0.05, 0.1) is 17.4 Å². The molecule has 3 aromatic rings. The first-order valence-electron chi connectivity index (χ1n) is 9.96. The minimum Gasteiger partial charge on any atom is -0.345 e. The molecule has 0 bridgehead atoms. The van der Waals surface area contributed by atoms with Crippen LogP contribution in [-0.4, -0.2) is 45.9 Å². The molecule has 0 unspecified atom stereocenters. The standard InChI is InChI=1S/C24H28N4/c1-3-4-19(2)22-8-5-20(6-9-22)16-27-11-13-28(14-12-27)17-21-7-10-23-24(15-21)26-18-25-23/h3-10,15,18H,1,11-14,16-17H2,2H3,(H,25,26). The molecule has 1 fully saturated rings. The van der Waals surface area contributed by atoms with Gasteiger partial charge < -0.3 is 4.98 Å². The molecular weight excluding hydrogens is 344 g/mol. The van der Waals surface area contributed by atoms with Crippen LogP contribution in [0.4, 0.5) is 0 Å². The molecular formula is C24H28N4. The van der Waals surface area contributed by atoms with Gasteiger partial charge in [-0.1, -0.05) is 49.1 Å². The molecule has 144 valence electrons. The molecule has 0 atom stereocenters. The van der Waals surface area contributed by atoms with E-state index in [-0.39, 0.29) is 0 Å². The number of fused-ring (bicyclic) bond motifs is 1. The Kier molecular flexibility index (Phi) is 5.70. The van der Waals surface area contributed by atoms with E-state index in [9.17, 15) is 0 Å². The summed E-state index contributed by atoms with van der Waals surface area (Å²) in [4.78, 5) is 12.6. The second-order valence-electron chi connectivity index (χ2n) is 7.59. The summed E-state index contributed by atoms with van der Waals surface area (Å²) in [7, 11) is 0. The minimum absolute atomic E-state index is 1.01. The summed E-state index contributed by atoms with van der Waals surface area (Å²) in [6.45, 7) is 12.4. The van der Waals surface area contributed by atoms with Crippen LogP contribution < -0.4 is 0 Å². The smallest absolute Gasteiger partial charge is 0.0931 e. The number of H-pyrrole nitrogens is 1. The maximum Gasteiger partial charge on any atom is 0.0931 e. The zero-order chi connectivity index (χ0) is 19.3. The van der Waals surface area contributed by atoms with Gasteiger partial charge in [-0.15, -0.1) is 0 Å². The number of allylic oxidation sites excluding steroid dienone is 3. The van der Waals surface area contributed by atoms with Crippen molar-refractivity contribution in [2.24, 2.45) is 0 Å². The van der Waals surface area contributed by atoms with Crippen molar-refractivity contribution in [1.29, 1.82) is 0 Å². The van der Waals surface area contributed by atoms with Crippen molar-refractivity contribution in [3.05, 3.63) is 84.2 Å². The highest BCUT2D eigenvalue weighted by molar-refractivity contribution is 5.75. The van der Waals surface area contributed by atoms with E-state index >= 15 is 0 Å². The van der Waals surface area contributed by atoms with Gasteiger partial charge >= 0.3 is 0 Å².